The zero-order chi connectivity index (χ0) is 23.8. The monoisotopic (exact) mass is 449 g/mol. The fraction of sp³-hybridized carbons (Fsp3) is 0.586. The SMILES string of the molecule is CCC(C)CCC(CC1=CC(C)=N/C(c2ccc(N3CCCC3)cc2)=C(/O)C=N1)CC(C)C. The Hall–Kier alpha value is -2.36. The molecule has 1 aromatic rings. The van der Waals surface area contributed by atoms with E-state index in [1.165, 1.54) is 44.2 Å². The molecule has 0 spiro atoms. The van der Waals surface area contributed by atoms with Crippen LogP contribution in [0.15, 0.2) is 51.8 Å². The zero-order valence-corrected chi connectivity index (χ0v) is 21.3. The predicted octanol–water partition coefficient (Wildman–Crippen LogP) is 7.82. The molecule has 4 heteroatoms. The van der Waals surface area contributed by atoms with E-state index in [1.54, 1.807) is 6.21 Å². The van der Waals surface area contributed by atoms with Gasteiger partial charge in [-0.25, -0.2) is 4.99 Å². The van der Waals surface area contributed by atoms with Gasteiger partial charge in [-0.2, -0.15) is 0 Å². The maximum atomic E-state index is 10.8. The van der Waals surface area contributed by atoms with Gasteiger partial charge >= 0.3 is 0 Å². The minimum Gasteiger partial charge on any atom is -0.504 e. The summed E-state index contributed by atoms with van der Waals surface area (Å²) in [5.41, 5.74) is 4.66. The number of aliphatic imine (C=N–C) groups is 2. The van der Waals surface area contributed by atoms with Crippen LogP contribution >= 0.6 is 0 Å². The van der Waals surface area contributed by atoms with Crippen LogP contribution in [0.25, 0.3) is 5.70 Å². The Morgan fingerprint density at radius 1 is 1.03 bits per heavy atom. The summed E-state index contributed by atoms with van der Waals surface area (Å²) in [7, 11) is 0. The molecule has 2 atom stereocenters. The van der Waals surface area contributed by atoms with Crippen molar-refractivity contribution in [1.82, 2.24) is 0 Å². The lowest BCUT2D eigenvalue weighted by Gasteiger charge is -2.21. The standard InChI is InChI=1S/C29H43N3O/c1-6-22(4)9-10-24(17-21(2)3)19-26-18-23(5)31-29(28(33)20-30-26)25-11-13-27(14-12-25)32-15-7-8-16-32/h11-14,18,20-22,24,33H,6-10,15-17,19H2,1-5H3/b23-18?,26-18?,28-20?,29-28+,30-20?,30-26?,31-23?,31-29?. The van der Waals surface area contributed by atoms with Gasteiger partial charge in [-0.15, -0.1) is 0 Å². The fourth-order valence-corrected chi connectivity index (χ4v) is 4.87. The molecule has 2 heterocycles. The lowest BCUT2D eigenvalue weighted by molar-refractivity contribution is 0.343. The van der Waals surface area contributed by atoms with Crippen LogP contribution in [0.5, 0.6) is 0 Å². The molecule has 0 amide bonds. The van der Waals surface area contributed by atoms with Gasteiger partial charge in [0.1, 0.15) is 5.70 Å². The van der Waals surface area contributed by atoms with Crippen LogP contribution in [0.1, 0.15) is 85.1 Å². The van der Waals surface area contributed by atoms with E-state index in [9.17, 15) is 5.11 Å². The quantitative estimate of drug-likeness (QED) is 0.396. The number of benzene rings is 1. The average molecular weight is 450 g/mol. The van der Waals surface area contributed by atoms with Crippen LogP contribution in [0.4, 0.5) is 5.69 Å². The molecule has 33 heavy (non-hydrogen) atoms. The van der Waals surface area contributed by atoms with Crippen molar-refractivity contribution < 1.29 is 5.11 Å². The Balaban J connectivity index is 1.74. The highest BCUT2D eigenvalue weighted by atomic mass is 16.3. The molecular formula is C29H43N3O. The van der Waals surface area contributed by atoms with Gasteiger partial charge in [-0.1, -0.05) is 52.7 Å². The van der Waals surface area contributed by atoms with Crippen molar-refractivity contribution in [3.63, 3.8) is 0 Å². The van der Waals surface area contributed by atoms with E-state index in [0.717, 1.165) is 42.4 Å². The summed E-state index contributed by atoms with van der Waals surface area (Å²) in [4.78, 5) is 11.9. The van der Waals surface area contributed by atoms with E-state index in [4.69, 9.17) is 9.98 Å². The first-order chi connectivity index (χ1) is 15.9. The molecule has 0 bridgehead atoms. The average Bonchev–Trinajstić information content (AvgIpc) is 3.33. The number of aliphatic hydroxyl groups excluding tert-OH is 1. The first-order valence-corrected chi connectivity index (χ1v) is 12.9. The van der Waals surface area contributed by atoms with Crippen molar-refractivity contribution >= 4 is 23.3 Å². The molecule has 0 aliphatic carbocycles. The van der Waals surface area contributed by atoms with E-state index in [-0.39, 0.29) is 5.76 Å². The minimum absolute atomic E-state index is 0.133. The van der Waals surface area contributed by atoms with E-state index >= 15 is 0 Å². The normalized spacial score (nSPS) is 21.0. The number of anilines is 1. The van der Waals surface area contributed by atoms with E-state index in [0.29, 0.717) is 17.5 Å². The summed E-state index contributed by atoms with van der Waals surface area (Å²) in [6.07, 6.45) is 12.1. The number of aliphatic hydroxyl groups is 1. The summed E-state index contributed by atoms with van der Waals surface area (Å²) >= 11 is 0. The van der Waals surface area contributed by atoms with Crippen LogP contribution in [0, 0.1) is 17.8 Å². The van der Waals surface area contributed by atoms with E-state index < -0.39 is 0 Å². The van der Waals surface area contributed by atoms with Crippen molar-refractivity contribution in [2.45, 2.75) is 79.6 Å². The second-order valence-corrected chi connectivity index (χ2v) is 10.4. The van der Waals surface area contributed by atoms with Gasteiger partial charge in [-0.05, 0) is 75.0 Å². The topological polar surface area (TPSA) is 48.2 Å². The van der Waals surface area contributed by atoms with Gasteiger partial charge in [0.05, 0.1) is 6.21 Å². The van der Waals surface area contributed by atoms with E-state index in [1.807, 2.05) is 6.92 Å². The largest absolute Gasteiger partial charge is 0.504 e. The highest BCUT2D eigenvalue weighted by Crippen LogP contribution is 2.29. The highest BCUT2D eigenvalue weighted by Gasteiger charge is 2.17. The molecule has 2 unspecified atom stereocenters. The van der Waals surface area contributed by atoms with Gasteiger partial charge in [0.2, 0.25) is 0 Å². The first-order valence-electron chi connectivity index (χ1n) is 12.9. The molecule has 1 saturated heterocycles. The summed E-state index contributed by atoms with van der Waals surface area (Å²) in [5.74, 6) is 2.18. The molecular weight excluding hydrogens is 406 g/mol. The number of allylic oxidation sites excluding steroid dienone is 3. The van der Waals surface area contributed by atoms with Crippen LogP contribution in [-0.2, 0) is 0 Å². The van der Waals surface area contributed by atoms with Gasteiger partial charge in [0, 0.05) is 35.7 Å². The van der Waals surface area contributed by atoms with Crippen molar-refractivity contribution in [1.29, 1.82) is 0 Å². The van der Waals surface area contributed by atoms with Crippen molar-refractivity contribution in [2.24, 2.45) is 27.7 Å². The van der Waals surface area contributed by atoms with E-state index in [2.05, 4.69) is 62.9 Å². The van der Waals surface area contributed by atoms with Crippen LogP contribution in [0.2, 0.25) is 0 Å². The lowest BCUT2D eigenvalue weighted by atomic mass is 9.86. The Morgan fingerprint density at radius 2 is 1.73 bits per heavy atom. The van der Waals surface area contributed by atoms with Crippen molar-refractivity contribution in [3.8, 4) is 0 Å². The fourth-order valence-electron chi connectivity index (χ4n) is 4.87. The van der Waals surface area contributed by atoms with Gasteiger partial charge in [-0.3, -0.25) is 4.99 Å². The number of hydrogen-bond acceptors (Lipinski definition) is 4. The third-order valence-corrected chi connectivity index (χ3v) is 6.94. The molecule has 1 aromatic carbocycles. The maximum absolute atomic E-state index is 10.8. The molecule has 1 N–H and O–H groups in total. The Morgan fingerprint density at radius 3 is 2.36 bits per heavy atom. The number of rotatable bonds is 10. The van der Waals surface area contributed by atoms with Crippen molar-refractivity contribution in [3.05, 3.63) is 47.4 Å². The highest BCUT2D eigenvalue weighted by molar-refractivity contribution is 6.01. The van der Waals surface area contributed by atoms with Crippen LogP contribution < -0.4 is 4.90 Å². The zero-order valence-electron chi connectivity index (χ0n) is 21.3. The Labute approximate surface area is 201 Å². The first kappa shape index (κ1) is 25.3. The van der Waals surface area contributed by atoms with Crippen LogP contribution in [0.3, 0.4) is 0 Å². The van der Waals surface area contributed by atoms with Crippen LogP contribution in [-0.4, -0.2) is 30.1 Å². The summed E-state index contributed by atoms with van der Waals surface area (Å²) in [5, 5.41) is 10.8. The maximum Gasteiger partial charge on any atom is 0.160 e. The number of hydrogen-bond donors (Lipinski definition) is 1. The third kappa shape index (κ3) is 7.58. The molecule has 4 nitrogen and oxygen atoms in total. The second kappa shape index (κ2) is 12.2. The molecule has 0 radical (unpaired) electrons. The smallest absolute Gasteiger partial charge is 0.160 e. The lowest BCUT2D eigenvalue weighted by Crippen LogP contribution is -2.17. The molecule has 180 valence electrons. The Bertz CT molecular complexity index is 886. The summed E-state index contributed by atoms with van der Waals surface area (Å²) in [6, 6.07) is 8.39. The van der Waals surface area contributed by atoms with Gasteiger partial charge in [0.15, 0.2) is 5.76 Å². The molecule has 3 rings (SSSR count). The Kier molecular flexibility index (Phi) is 9.34. The summed E-state index contributed by atoms with van der Waals surface area (Å²) < 4.78 is 0. The number of nitrogens with zero attached hydrogens (tertiary/aromatic N) is 3. The molecule has 2 aliphatic heterocycles. The minimum atomic E-state index is 0.133. The molecule has 2 aliphatic rings. The van der Waals surface area contributed by atoms with Gasteiger partial charge < -0.3 is 10.0 Å². The van der Waals surface area contributed by atoms with Gasteiger partial charge in [0.25, 0.3) is 0 Å². The second-order valence-electron chi connectivity index (χ2n) is 10.4. The third-order valence-electron chi connectivity index (χ3n) is 6.94. The molecule has 0 aromatic heterocycles. The van der Waals surface area contributed by atoms with Crippen molar-refractivity contribution in [2.75, 3.05) is 18.0 Å². The summed E-state index contributed by atoms with van der Waals surface area (Å²) in [6.45, 7) is 13.5. The predicted molar refractivity (Wildman–Crippen MR) is 143 cm³/mol. The molecule has 0 saturated carbocycles. The molecule has 1 fully saturated rings.